The van der Waals surface area contributed by atoms with Crippen molar-refractivity contribution in [3.63, 3.8) is 0 Å². The molecule has 19 heavy (non-hydrogen) atoms. The van der Waals surface area contributed by atoms with Crippen LogP contribution in [0, 0.1) is 0 Å². The minimum absolute atomic E-state index is 0.0172. The molecule has 1 atom stereocenters. The van der Waals surface area contributed by atoms with E-state index in [-0.39, 0.29) is 11.6 Å². The monoisotopic (exact) mass is 272 g/mol. The number of ether oxygens (including phenoxy) is 1. The largest absolute Gasteiger partial charge is 0.399 e. The number of alkyl halides is 2. The zero-order valence-corrected chi connectivity index (χ0v) is 11.7. The third kappa shape index (κ3) is 4.06. The van der Waals surface area contributed by atoms with Crippen LogP contribution in [0.25, 0.3) is 0 Å². The Morgan fingerprint density at radius 3 is 2.58 bits per heavy atom. The summed E-state index contributed by atoms with van der Waals surface area (Å²) in [5.74, 6) is 0. The van der Waals surface area contributed by atoms with Crippen molar-refractivity contribution >= 4 is 11.4 Å². The van der Waals surface area contributed by atoms with Gasteiger partial charge in [-0.1, -0.05) is 6.92 Å². The molecule has 0 aliphatic heterocycles. The van der Waals surface area contributed by atoms with Crippen LogP contribution < -0.4 is 10.6 Å². The first-order valence-corrected chi connectivity index (χ1v) is 6.44. The van der Waals surface area contributed by atoms with Crippen LogP contribution in [0.15, 0.2) is 18.2 Å². The maximum Gasteiger partial charge on any atom is 0.265 e. The minimum atomic E-state index is -2.53. The van der Waals surface area contributed by atoms with Crippen molar-refractivity contribution < 1.29 is 13.5 Å². The zero-order chi connectivity index (χ0) is 14.4. The van der Waals surface area contributed by atoms with Crippen molar-refractivity contribution in [3.8, 4) is 0 Å². The Kier molecular flexibility index (Phi) is 6.02. The van der Waals surface area contributed by atoms with Crippen molar-refractivity contribution in [2.24, 2.45) is 0 Å². The molecule has 0 aromatic heterocycles. The number of benzene rings is 1. The molecule has 1 aromatic rings. The maximum atomic E-state index is 13.1. The highest BCUT2D eigenvalue weighted by molar-refractivity contribution is 5.60. The predicted molar refractivity (Wildman–Crippen MR) is 74.8 cm³/mol. The van der Waals surface area contributed by atoms with Crippen LogP contribution in [-0.2, 0) is 4.74 Å². The third-order valence-corrected chi connectivity index (χ3v) is 3.26. The second-order valence-electron chi connectivity index (χ2n) is 4.56. The summed E-state index contributed by atoms with van der Waals surface area (Å²) in [5.41, 5.74) is 6.47. The molecule has 2 N–H and O–H groups in total. The van der Waals surface area contributed by atoms with E-state index in [1.54, 1.807) is 19.2 Å². The fraction of sp³-hybridized carbons (Fsp3) is 0.571. The fourth-order valence-corrected chi connectivity index (χ4v) is 2.00. The number of halogens is 2. The van der Waals surface area contributed by atoms with Crippen molar-refractivity contribution in [1.29, 1.82) is 0 Å². The van der Waals surface area contributed by atoms with E-state index in [4.69, 9.17) is 10.5 Å². The van der Waals surface area contributed by atoms with E-state index in [0.29, 0.717) is 24.5 Å². The molecule has 108 valence electrons. The van der Waals surface area contributed by atoms with Crippen molar-refractivity contribution in [2.45, 2.75) is 32.7 Å². The lowest BCUT2D eigenvalue weighted by molar-refractivity contribution is 0.151. The maximum absolute atomic E-state index is 13.1. The van der Waals surface area contributed by atoms with Crippen molar-refractivity contribution in [3.05, 3.63) is 23.8 Å². The van der Waals surface area contributed by atoms with E-state index in [1.807, 2.05) is 18.7 Å². The van der Waals surface area contributed by atoms with Gasteiger partial charge in [0, 0.05) is 36.6 Å². The average Bonchev–Trinajstić information content (AvgIpc) is 2.39. The molecule has 0 heterocycles. The van der Waals surface area contributed by atoms with Gasteiger partial charge in [0.05, 0.1) is 6.61 Å². The van der Waals surface area contributed by atoms with Gasteiger partial charge in [-0.05, 0) is 31.5 Å². The highest BCUT2D eigenvalue weighted by atomic mass is 19.3. The second-order valence-corrected chi connectivity index (χ2v) is 4.56. The summed E-state index contributed by atoms with van der Waals surface area (Å²) in [6, 6.07) is 4.83. The van der Waals surface area contributed by atoms with Gasteiger partial charge in [-0.15, -0.1) is 0 Å². The normalized spacial score (nSPS) is 12.7. The molecule has 0 radical (unpaired) electrons. The molecule has 5 heteroatoms. The molecule has 0 fully saturated rings. The fourth-order valence-electron chi connectivity index (χ4n) is 2.00. The van der Waals surface area contributed by atoms with E-state index in [2.05, 4.69) is 0 Å². The summed E-state index contributed by atoms with van der Waals surface area (Å²) < 4.78 is 31.3. The molecule has 1 aromatic carbocycles. The Bertz CT molecular complexity index is 399. The van der Waals surface area contributed by atoms with Gasteiger partial charge in [0.25, 0.3) is 6.43 Å². The Hall–Kier alpha value is -1.36. The summed E-state index contributed by atoms with van der Waals surface area (Å²) >= 11 is 0. The molecule has 1 unspecified atom stereocenters. The molecule has 0 aliphatic rings. The minimum Gasteiger partial charge on any atom is -0.399 e. The van der Waals surface area contributed by atoms with Crippen LogP contribution in [0.1, 0.15) is 32.3 Å². The van der Waals surface area contributed by atoms with E-state index >= 15 is 0 Å². The summed E-state index contributed by atoms with van der Waals surface area (Å²) in [5, 5.41) is 0. The predicted octanol–water partition coefficient (Wildman–Crippen LogP) is 3.46. The quantitative estimate of drug-likeness (QED) is 0.773. The number of hydrogen-bond donors (Lipinski definition) is 1. The smallest absolute Gasteiger partial charge is 0.265 e. The summed E-state index contributed by atoms with van der Waals surface area (Å²) in [7, 11) is 1.60. The first-order chi connectivity index (χ1) is 9.01. The lowest BCUT2D eigenvalue weighted by atomic mass is 10.1. The lowest BCUT2D eigenvalue weighted by Gasteiger charge is -2.32. The SMILES string of the molecule is CCC(C)N(CCOC)c1ccc(N)cc1C(F)F. The Balaban J connectivity index is 3.13. The summed E-state index contributed by atoms with van der Waals surface area (Å²) in [6.07, 6.45) is -1.66. The Morgan fingerprint density at radius 2 is 2.05 bits per heavy atom. The molecule has 0 spiro atoms. The first kappa shape index (κ1) is 15.7. The van der Waals surface area contributed by atoms with Crippen molar-refractivity contribution in [2.75, 3.05) is 30.9 Å². The van der Waals surface area contributed by atoms with Gasteiger partial charge in [0.15, 0.2) is 0 Å². The summed E-state index contributed by atoms with van der Waals surface area (Å²) in [6.45, 7) is 5.12. The Labute approximate surface area is 113 Å². The van der Waals surface area contributed by atoms with E-state index in [9.17, 15) is 8.78 Å². The number of hydrogen-bond acceptors (Lipinski definition) is 3. The number of methoxy groups -OCH3 is 1. The van der Waals surface area contributed by atoms with Gasteiger partial charge in [-0.2, -0.15) is 0 Å². The van der Waals surface area contributed by atoms with Gasteiger partial charge in [-0.3, -0.25) is 0 Å². The van der Waals surface area contributed by atoms with Gasteiger partial charge in [-0.25, -0.2) is 8.78 Å². The van der Waals surface area contributed by atoms with Crippen LogP contribution in [0.3, 0.4) is 0 Å². The molecule has 0 saturated heterocycles. The molecule has 0 bridgehead atoms. The summed E-state index contributed by atoms with van der Waals surface area (Å²) in [4.78, 5) is 1.95. The van der Waals surface area contributed by atoms with Crippen LogP contribution in [0.4, 0.5) is 20.2 Å². The van der Waals surface area contributed by atoms with Gasteiger partial charge < -0.3 is 15.4 Å². The Morgan fingerprint density at radius 1 is 1.37 bits per heavy atom. The molecular formula is C14H22F2N2O. The average molecular weight is 272 g/mol. The third-order valence-electron chi connectivity index (χ3n) is 3.26. The van der Waals surface area contributed by atoms with E-state index in [0.717, 1.165) is 6.42 Å². The number of nitrogens with two attached hydrogens (primary N) is 1. The van der Waals surface area contributed by atoms with Crippen molar-refractivity contribution in [1.82, 2.24) is 0 Å². The first-order valence-electron chi connectivity index (χ1n) is 6.44. The van der Waals surface area contributed by atoms with E-state index < -0.39 is 6.43 Å². The number of nitrogen functional groups attached to an aromatic ring is 1. The zero-order valence-electron chi connectivity index (χ0n) is 11.7. The number of anilines is 2. The highest BCUT2D eigenvalue weighted by Crippen LogP contribution is 2.33. The molecule has 0 saturated carbocycles. The molecule has 0 aliphatic carbocycles. The van der Waals surface area contributed by atoms with Crippen LogP contribution in [0.5, 0.6) is 0 Å². The van der Waals surface area contributed by atoms with Crippen LogP contribution in [-0.4, -0.2) is 26.3 Å². The van der Waals surface area contributed by atoms with E-state index in [1.165, 1.54) is 6.07 Å². The molecule has 0 amide bonds. The van der Waals surface area contributed by atoms with Crippen LogP contribution in [0.2, 0.25) is 0 Å². The molecule has 3 nitrogen and oxygen atoms in total. The molecule has 1 rings (SSSR count). The number of rotatable bonds is 7. The highest BCUT2D eigenvalue weighted by Gasteiger charge is 2.21. The van der Waals surface area contributed by atoms with Gasteiger partial charge in [0.1, 0.15) is 0 Å². The van der Waals surface area contributed by atoms with Crippen LogP contribution >= 0.6 is 0 Å². The van der Waals surface area contributed by atoms with Gasteiger partial charge in [0.2, 0.25) is 0 Å². The lowest BCUT2D eigenvalue weighted by Crippen LogP contribution is -2.36. The van der Waals surface area contributed by atoms with Gasteiger partial charge >= 0.3 is 0 Å². The number of nitrogens with zero attached hydrogens (tertiary/aromatic N) is 1. The molecular weight excluding hydrogens is 250 g/mol. The standard InChI is InChI=1S/C14H22F2N2O/c1-4-10(2)18(7-8-19-3)13-6-5-11(17)9-12(13)14(15)16/h5-6,9-10,14H,4,7-8,17H2,1-3H3. The topological polar surface area (TPSA) is 38.5 Å². The second kappa shape index (κ2) is 7.28.